The van der Waals surface area contributed by atoms with E-state index < -0.39 is 5.97 Å². The number of fused-ring (bicyclic) bond motifs is 1. The Labute approximate surface area is 164 Å². The Morgan fingerprint density at radius 1 is 1.00 bits per heavy atom. The minimum atomic E-state index is -0.439. The largest absolute Gasteiger partial charge is 0.494 e. The van der Waals surface area contributed by atoms with E-state index in [1.807, 2.05) is 66.7 Å². The van der Waals surface area contributed by atoms with Crippen LogP contribution in [0.4, 0.5) is 0 Å². The van der Waals surface area contributed by atoms with Crippen LogP contribution in [0.1, 0.15) is 30.9 Å². The normalized spacial score (nSPS) is 15.0. The molecule has 0 saturated heterocycles. The molecule has 1 aliphatic heterocycles. The molecular formula is C24H21NO3. The van der Waals surface area contributed by atoms with Crippen LogP contribution in [-0.4, -0.2) is 18.5 Å². The van der Waals surface area contributed by atoms with Crippen LogP contribution in [0.5, 0.6) is 5.75 Å². The highest BCUT2D eigenvalue weighted by atomic mass is 16.6. The lowest BCUT2D eigenvalue weighted by atomic mass is 10.0. The first-order valence-corrected chi connectivity index (χ1v) is 9.48. The molecule has 3 aromatic carbocycles. The van der Waals surface area contributed by atoms with Crippen molar-refractivity contribution in [3.8, 4) is 5.75 Å². The monoisotopic (exact) mass is 371 g/mol. The average Bonchev–Trinajstić information content (AvgIpc) is 3.09. The summed E-state index contributed by atoms with van der Waals surface area (Å²) in [6.07, 6.45) is 3.89. The van der Waals surface area contributed by atoms with Gasteiger partial charge in [0.25, 0.3) is 0 Å². The number of hydrogen-bond donors (Lipinski definition) is 0. The highest BCUT2D eigenvalue weighted by Gasteiger charge is 2.24. The van der Waals surface area contributed by atoms with E-state index >= 15 is 0 Å². The molecule has 0 radical (unpaired) electrons. The van der Waals surface area contributed by atoms with E-state index in [0.717, 1.165) is 40.5 Å². The Balaban J connectivity index is 1.58. The maximum absolute atomic E-state index is 12.3. The maximum Gasteiger partial charge on any atom is 0.363 e. The first kappa shape index (κ1) is 18.0. The molecule has 0 spiro atoms. The van der Waals surface area contributed by atoms with Crippen LogP contribution in [0.2, 0.25) is 0 Å². The standard InChI is InChI=1S/C24H21NO3/c1-2-3-15-27-20-13-11-18(12-14-20)23-25-22(24(26)28-23)16-19-9-6-8-17-7-4-5-10-21(17)19/h4-14,16H,2-3,15H2,1H3/b22-16+. The molecular weight excluding hydrogens is 350 g/mol. The summed E-state index contributed by atoms with van der Waals surface area (Å²) in [5.41, 5.74) is 1.99. The van der Waals surface area contributed by atoms with Crippen molar-refractivity contribution in [2.45, 2.75) is 19.8 Å². The molecule has 4 heteroatoms. The molecule has 1 heterocycles. The minimum absolute atomic E-state index is 0.301. The quantitative estimate of drug-likeness (QED) is 0.333. The molecule has 0 amide bonds. The smallest absolute Gasteiger partial charge is 0.363 e. The molecule has 4 rings (SSSR count). The van der Waals surface area contributed by atoms with Gasteiger partial charge >= 0.3 is 5.97 Å². The van der Waals surface area contributed by atoms with Gasteiger partial charge in [0.2, 0.25) is 5.90 Å². The summed E-state index contributed by atoms with van der Waals surface area (Å²) in [4.78, 5) is 16.7. The van der Waals surface area contributed by atoms with E-state index in [-0.39, 0.29) is 0 Å². The second-order valence-corrected chi connectivity index (χ2v) is 6.63. The molecule has 1 aliphatic rings. The molecule has 0 unspecified atom stereocenters. The zero-order valence-corrected chi connectivity index (χ0v) is 15.7. The summed E-state index contributed by atoms with van der Waals surface area (Å²) < 4.78 is 11.1. The number of carbonyl (C=O) groups excluding carboxylic acids is 1. The fourth-order valence-electron chi connectivity index (χ4n) is 3.08. The highest BCUT2D eigenvalue weighted by Crippen LogP contribution is 2.25. The number of rotatable bonds is 6. The molecule has 0 N–H and O–H groups in total. The molecule has 0 atom stereocenters. The van der Waals surface area contributed by atoms with Crippen molar-refractivity contribution in [2.24, 2.45) is 4.99 Å². The van der Waals surface area contributed by atoms with Crippen LogP contribution in [0.15, 0.2) is 77.4 Å². The Hall–Kier alpha value is -3.40. The second-order valence-electron chi connectivity index (χ2n) is 6.63. The zero-order valence-electron chi connectivity index (χ0n) is 15.7. The second kappa shape index (κ2) is 8.09. The number of nitrogens with zero attached hydrogens (tertiary/aromatic N) is 1. The summed E-state index contributed by atoms with van der Waals surface area (Å²) in [6.45, 7) is 2.83. The van der Waals surface area contributed by atoms with E-state index in [4.69, 9.17) is 9.47 Å². The summed E-state index contributed by atoms with van der Waals surface area (Å²) in [5, 5.41) is 2.19. The number of aliphatic imine (C=N–C) groups is 1. The van der Waals surface area contributed by atoms with Gasteiger partial charge in [0.05, 0.1) is 6.61 Å². The number of esters is 1. The van der Waals surface area contributed by atoms with Crippen molar-refractivity contribution in [1.29, 1.82) is 0 Å². The Bertz CT molecular complexity index is 1060. The van der Waals surface area contributed by atoms with Crippen molar-refractivity contribution in [3.05, 3.63) is 83.6 Å². The van der Waals surface area contributed by atoms with Gasteiger partial charge in [0.1, 0.15) is 5.75 Å². The van der Waals surface area contributed by atoms with Gasteiger partial charge in [-0.05, 0) is 53.1 Å². The number of ether oxygens (including phenoxy) is 2. The number of carbonyl (C=O) groups is 1. The Morgan fingerprint density at radius 3 is 2.61 bits per heavy atom. The molecule has 28 heavy (non-hydrogen) atoms. The molecule has 0 bridgehead atoms. The van der Waals surface area contributed by atoms with Gasteiger partial charge in [-0.2, -0.15) is 0 Å². The number of hydrogen-bond acceptors (Lipinski definition) is 4. The summed E-state index contributed by atoms with van der Waals surface area (Å²) >= 11 is 0. The molecule has 0 aliphatic carbocycles. The van der Waals surface area contributed by atoms with Gasteiger partial charge in [-0.3, -0.25) is 0 Å². The SMILES string of the molecule is CCCCOc1ccc(C2=N/C(=C/c3cccc4ccccc34)C(=O)O2)cc1. The third kappa shape index (κ3) is 3.81. The van der Waals surface area contributed by atoms with Crippen LogP contribution in [0, 0.1) is 0 Å². The van der Waals surface area contributed by atoms with Gasteiger partial charge < -0.3 is 9.47 Å². The lowest BCUT2D eigenvalue weighted by molar-refractivity contribution is -0.129. The van der Waals surface area contributed by atoms with E-state index in [2.05, 4.69) is 11.9 Å². The van der Waals surface area contributed by atoms with Gasteiger partial charge in [0, 0.05) is 5.56 Å². The summed E-state index contributed by atoms with van der Waals surface area (Å²) in [6, 6.07) is 21.5. The van der Waals surface area contributed by atoms with E-state index in [9.17, 15) is 4.79 Å². The van der Waals surface area contributed by atoms with Crippen molar-refractivity contribution >= 4 is 28.7 Å². The Morgan fingerprint density at radius 2 is 1.79 bits per heavy atom. The third-order valence-electron chi connectivity index (χ3n) is 4.60. The summed E-state index contributed by atoms with van der Waals surface area (Å²) in [7, 11) is 0. The lowest BCUT2D eigenvalue weighted by Crippen LogP contribution is -2.05. The lowest BCUT2D eigenvalue weighted by Gasteiger charge is -2.05. The van der Waals surface area contributed by atoms with E-state index in [0.29, 0.717) is 18.2 Å². The molecule has 3 aromatic rings. The van der Waals surface area contributed by atoms with Crippen LogP contribution in [0.3, 0.4) is 0 Å². The molecule has 140 valence electrons. The average molecular weight is 371 g/mol. The highest BCUT2D eigenvalue weighted by molar-refractivity contribution is 6.13. The van der Waals surface area contributed by atoms with E-state index in [1.54, 1.807) is 6.08 Å². The van der Waals surface area contributed by atoms with Gasteiger partial charge in [-0.1, -0.05) is 55.8 Å². The molecule has 0 saturated carbocycles. The molecule has 4 nitrogen and oxygen atoms in total. The van der Waals surface area contributed by atoms with Gasteiger partial charge in [0.15, 0.2) is 5.70 Å². The van der Waals surface area contributed by atoms with Crippen LogP contribution < -0.4 is 4.74 Å². The zero-order chi connectivity index (χ0) is 19.3. The predicted octanol–water partition coefficient (Wildman–Crippen LogP) is 5.36. The van der Waals surface area contributed by atoms with Gasteiger partial charge in [-0.15, -0.1) is 0 Å². The first-order valence-electron chi connectivity index (χ1n) is 9.48. The summed E-state index contributed by atoms with van der Waals surface area (Å²) in [5.74, 6) is 0.677. The number of cyclic esters (lactones) is 1. The predicted molar refractivity (Wildman–Crippen MR) is 111 cm³/mol. The van der Waals surface area contributed by atoms with Crippen molar-refractivity contribution in [2.75, 3.05) is 6.61 Å². The minimum Gasteiger partial charge on any atom is -0.494 e. The molecule has 0 aromatic heterocycles. The third-order valence-corrected chi connectivity index (χ3v) is 4.60. The first-order chi connectivity index (χ1) is 13.7. The topological polar surface area (TPSA) is 47.9 Å². The van der Waals surface area contributed by atoms with Crippen LogP contribution in [-0.2, 0) is 9.53 Å². The molecule has 0 fully saturated rings. The number of unbranched alkanes of at least 4 members (excludes halogenated alkanes) is 1. The van der Waals surface area contributed by atoms with Crippen molar-refractivity contribution in [1.82, 2.24) is 0 Å². The maximum atomic E-state index is 12.3. The Kier molecular flexibility index (Phi) is 5.20. The fraction of sp³-hybridized carbons (Fsp3) is 0.167. The number of benzene rings is 3. The van der Waals surface area contributed by atoms with Crippen molar-refractivity contribution < 1.29 is 14.3 Å². The van der Waals surface area contributed by atoms with Crippen LogP contribution in [0.25, 0.3) is 16.8 Å². The van der Waals surface area contributed by atoms with Gasteiger partial charge in [-0.25, -0.2) is 9.79 Å². The van der Waals surface area contributed by atoms with Crippen LogP contribution >= 0.6 is 0 Å². The van der Waals surface area contributed by atoms with E-state index in [1.165, 1.54) is 0 Å². The van der Waals surface area contributed by atoms with Crippen molar-refractivity contribution in [3.63, 3.8) is 0 Å². The fourth-order valence-corrected chi connectivity index (χ4v) is 3.08.